The molecule has 0 N–H and O–H groups in total. The Morgan fingerprint density at radius 3 is 3.13 bits per heavy atom. The summed E-state index contributed by atoms with van der Waals surface area (Å²) in [4.78, 5) is 4.19. The molecule has 3 aromatic rings. The average molecular weight is 195 g/mol. The lowest BCUT2D eigenvalue weighted by Crippen LogP contribution is -1.92. The van der Waals surface area contributed by atoms with Crippen LogP contribution in [0, 0.1) is 11.3 Å². The zero-order valence-corrected chi connectivity index (χ0v) is 7.62. The summed E-state index contributed by atoms with van der Waals surface area (Å²) in [5.74, 6) is 0. The van der Waals surface area contributed by atoms with Crippen LogP contribution in [-0.4, -0.2) is 19.8 Å². The third kappa shape index (κ3) is 0.987. The molecule has 5 heteroatoms. The van der Waals surface area contributed by atoms with Crippen LogP contribution in [0.15, 0.2) is 30.7 Å². The van der Waals surface area contributed by atoms with E-state index in [4.69, 9.17) is 5.26 Å². The van der Waals surface area contributed by atoms with Crippen LogP contribution in [0.25, 0.3) is 16.4 Å². The van der Waals surface area contributed by atoms with E-state index in [0.29, 0.717) is 11.1 Å². The summed E-state index contributed by atoms with van der Waals surface area (Å²) in [7, 11) is 0. The molecule has 0 aliphatic heterocycles. The van der Waals surface area contributed by atoms with Crippen molar-refractivity contribution in [3.8, 4) is 6.07 Å². The Morgan fingerprint density at radius 2 is 2.27 bits per heavy atom. The Labute approximate surface area is 84.6 Å². The van der Waals surface area contributed by atoms with Crippen molar-refractivity contribution in [2.75, 3.05) is 0 Å². The van der Waals surface area contributed by atoms with Gasteiger partial charge in [-0.1, -0.05) is 17.3 Å². The van der Waals surface area contributed by atoms with Crippen LogP contribution in [0.5, 0.6) is 0 Å². The molecule has 0 fully saturated rings. The van der Waals surface area contributed by atoms with E-state index >= 15 is 0 Å². The molecule has 0 radical (unpaired) electrons. The maximum Gasteiger partial charge on any atom is 0.120 e. The summed E-state index contributed by atoms with van der Waals surface area (Å²) < 4.78 is 1.59. The van der Waals surface area contributed by atoms with Crippen LogP contribution in [-0.2, 0) is 0 Å². The van der Waals surface area contributed by atoms with Gasteiger partial charge in [-0.25, -0.2) is 9.50 Å². The lowest BCUT2D eigenvalue weighted by Gasteiger charge is -1.99. The third-order valence-corrected chi connectivity index (χ3v) is 2.30. The Morgan fingerprint density at radius 1 is 1.33 bits per heavy atom. The molecule has 0 atom stereocenters. The molecule has 1 aromatic carbocycles. The fourth-order valence-electron chi connectivity index (χ4n) is 1.61. The minimum absolute atomic E-state index is 0.566. The lowest BCUT2D eigenvalue weighted by molar-refractivity contribution is 0.840. The van der Waals surface area contributed by atoms with Gasteiger partial charge >= 0.3 is 0 Å². The van der Waals surface area contributed by atoms with Gasteiger partial charge in [0, 0.05) is 5.39 Å². The molecule has 0 saturated heterocycles. The smallest absolute Gasteiger partial charge is 0.120 e. The molecule has 2 heterocycles. The highest BCUT2D eigenvalue weighted by Crippen LogP contribution is 2.19. The average Bonchev–Trinajstić information content (AvgIpc) is 2.76. The molecule has 0 saturated carbocycles. The standard InChI is InChI=1S/C10H5N5/c11-4-7-2-1-3-8-9-5-13-14-15(9)6-12-10(7)8/h1-3,5-6H. The Kier molecular flexibility index (Phi) is 1.45. The lowest BCUT2D eigenvalue weighted by atomic mass is 10.1. The molecular weight excluding hydrogens is 190 g/mol. The molecular formula is C10H5N5. The number of hydrogen-bond donors (Lipinski definition) is 0. The molecule has 0 amide bonds. The van der Waals surface area contributed by atoms with Crippen molar-refractivity contribution in [1.82, 2.24) is 19.8 Å². The van der Waals surface area contributed by atoms with Crippen LogP contribution >= 0.6 is 0 Å². The highest BCUT2D eigenvalue weighted by atomic mass is 15.4. The minimum atomic E-state index is 0.566. The predicted octanol–water partition coefficient (Wildman–Crippen LogP) is 1.15. The van der Waals surface area contributed by atoms with Gasteiger partial charge in [0.2, 0.25) is 0 Å². The quantitative estimate of drug-likeness (QED) is 0.539. The number of nitriles is 1. The first-order chi connectivity index (χ1) is 7.40. The highest BCUT2D eigenvalue weighted by Gasteiger charge is 2.06. The third-order valence-electron chi connectivity index (χ3n) is 2.30. The predicted molar refractivity (Wildman–Crippen MR) is 53.0 cm³/mol. The fourth-order valence-corrected chi connectivity index (χ4v) is 1.61. The van der Waals surface area contributed by atoms with E-state index in [1.165, 1.54) is 0 Å². The van der Waals surface area contributed by atoms with Crippen LogP contribution < -0.4 is 0 Å². The number of para-hydroxylation sites is 1. The van der Waals surface area contributed by atoms with Crippen LogP contribution in [0.4, 0.5) is 0 Å². The highest BCUT2D eigenvalue weighted by molar-refractivity contribution is 5.95. The van der Waals surface area contributed by atoms with Crippen molar-refractivity contribution in [2.24, 2.45) is 0 Å². The molecule has 3 rings (SSSR count). The van der Waals surface area contributed by atoms with E-state index in [9.17, 15) is 0 Å². The number of nitrogens with zero attached hydrogens (tertiary/aromatic N) is 5. The van der Waals surface area contributed by atoms with Gasteiger partial charge in [0.15, 0.2) is 0 Å². The van der Waals surface area contributed by atoms with E-state index in [2.05, 4.69) is 21.4 Å². The molecule has 2 aromatic heterocycles. The minimum Gasteiger partial charge on any atom is -0.235 e. The summed E-state index contributed by atoms with van der Waals surface area (Å²) in [5, 5.41) is 17.5. The molecule has 70 valence electrons. The second kappa shape index (κ2) is 2.75. The SMILES string of the molecule is N#Cc1cccc2c1ncn1nncc21. The van der Waals surface area contributed by atoms with Crippen LogP contribution in [0.1, 0.15) is 5.56 Å². The first kappa shape index (κ1) is 7.88. The van der Waals surface area contributed by atoms with E-state index in [1.807, 2.05) is 12.1 Å². The van der Waals surface area contributed by atoms with Gasteiger partial charge in [-0.3, -0.25) is 0 Å². The first-order valence-corrected chi connectivity index (χ1v) is 4.38. The van der Waals surface area contributed by atoms with Gasteiger partial charge in [-0.15, -0.1) is 5.10 Å². The second-order valence-electron chi connectivity index (χ2n) is 3.12. The fraction of sp³-hybridized carbons (Fsp3) is 0. The van der Waals surface area contributed by atoms with Crippen molar-refractivity contribution in [3.05, 3.63) is 36.3 Å². The summed E-state index contributed by atoms with van der Waals surface area (Å²) in [6.07, 6.45) is 3.22. The van der Waals surface area contributed by atoms with E-state index in [0.717, 1.165) is 10.9 Å². The largest absolute Gasteiger partial charge is 0.235 e. The molecule has 15 heavy (non-hydrogen) atoms. The van der Waals surface area contributed by atoms with Crippen molar-refractivity contribution in [3.63, 3.8) is 0 Å². The second-order valence-corrected chi connectivity index (χ2v) is 3.12. The van der Waals surface area contributed by atoms with Gasteiger partial charge in [0.05, 0.1) is 22.8 Å². The molecule has 0 aliphatic rings. The Bertz CT molecular complexity index is 692. The van der Waals surface area contributed by atoms with Crippen LogP contribution in [0.3, 0.4) is 0 Å². The zero-order chi connectivity index (χ0) is 10.3. The summed E-state index contributed by atoms with van der Waals surface area (Å²) in [5.41, 5.74) is 2.11. The first-order valence-electron chi connectivity index (χ1n) is 4.38. The van der Waals surface area contributed by atoms with Gasteiger partial charge in [0.1, 0.15) is 12.4 Å². The molecule has 0 unspecified atom stereocenters. The Balaban J connectivity index is 2.61. The van der Waals surface area contributed by atoms with Crippen LogP contribution in [0.2, 0.25) is 0 Å². The van der Waals surface area contributed by atoms with Gasteiger partial charge in [-0.05, 0) is 6.07 Å². The maximum atomic E-state index is 8.93. The van der Waals surface area contributed by atoms with Gasteiger partial charge in [-0.2, -0.15) is 5.26 Å². The van der Waals surface area contributed by atoms with Gasteiger partial charge < -0.3 is 0 Å². The van der Waals surface area contributed by atoms with Crippen molar-refractivity contribution >= 4 is 16.4 Å². The summed E-state index contributed by atoms with van der Waals surface area (Å²) in [6.45, 7) is 0. The van der Waals surface area contributed by atoms with Crippen molar-refractivity contribution in [2.45, 2.75) is 0 Å². The number of rotatable bonds is 0. The number of benzene rings is 1. The van der Waals surface area contributed by atoms with E-state index in [-0.39, 0.29) is 0 Å². The molecule has 0 bridgehead atoms. The van der Waals surface area contributed by atoms with Crippen molar-refractivity contribution < 1.29 is 0 Å². The van der Waals surface area contributed by atoms with E-state index in [1.54, 1.807) is 23.1 Å². The number of fused-ring (bicyclic) bond motifs is 3. The Hall–Kier alpha value is -2.48. The maximum absolute atomic E-state index is 8.93. The van der Waals surface area contributed by atoms with Crippen molar-refractivity contribution in [1.29, 1.82) is 5.26 Å². The topological polar surface area (TPSA) is 66.9 Å². The number of aromatic nitrogens is 4. The molecule has 0 spiro atoms. The number of hydrogen-bond acceptors (Lipinski definition) is 4. The normalized spacial score (nSPS) is 10.6. The molecule has 5 nitrogen and oxygen atoms in total. The molecule has 0 aliphatic carbocycles. The monoisotopic (exact) mass is 195 g/mol. The summed E-state index contributed by atoms with van der Waals surface area (Å²) in [6, 6.07) is 7.59. The van der Waals surface area contributed by atoms with Gasteiger partial charge in [0.25, 0.3) is 0 Å². The van der Waals surface area contributed by atoms with E-state index < -0.39 is 0 Å². The summed E-state index contributed by atoms with van der Waals surface area (Å²) >= 11 is 0. The zero-order valence-electron chi connectivity index (χ0n) is 7.62.